The van der Waals surface area contributed by atoms with Crippen molar-refractivity contribution in [3.63, 3.8) is 0 Å². The van der Waals surface area contributed by atoms with Crippen LogP contribution in [0.4, 0.5) is 4.79 Å². The molecule has 1 heterocycles. The first-order valence-electron chi connectivity index (χ1n) is 14.3. The van der Waals surface area contributed by atoms with Gasteiger partial charge >= 0.3 is 12.1 Å². The van der Waals surface area contributed by atoms with E-state index in [4.69, 9.17) is 18.9 Å². The lowest BCUT2D eigenvalue weighted by atomic mass is 9.93. The summed E-state index contributed by atoms with van der Waals surface area (Å²) in [7, 11) is 0. The summed E-state index contributed by atoms with van der Waals surface area (Å²) in [5.74, 6) is 0.242. The molecule has 0 N–H and O–H groups in total. The number of hydrogen-bond donors (Lipinski definition) is 0. The number of esters is 1. The molecule has 0 unspecified atom stereocenters. The van der Waals surface area contributed by atoms with Gasteiger partial charge in [0.05, 0.1) is 5.41 Å². The molecule has 2 aromatic rings. The zero-order valence-corrected chi connectivity index (χ0v) is 24.1. The molecule has 0 atom stereocenters. The van der Waals surface area contributed by atoms with Crippen LogP contribution in [-0.4, -0.2) is 31.9 Å². The Labute approximate surface area is 233 Å². The van der Waals surface area contributed by atoms with E-state index in [1.54, 1.807) is 6.92 Å². The molecule has 1 saturated heterocycles. The Morgan fingerprint density at radius 2 is 1.64 bits per heavy atom. The fraction of sp³-hybridized carbons (Fsp3) is 0.515. The van der Waals surface area contributed by atoms with Crippen LogP contribution in [0.25, 0.3) is 11.1 Å². The third-order valence-corrected chi connectivity index (χ3v) is 7.08. The van der Waals surface area contributed by atoms with Crippen molar-refractivity contribution in [2.45, 2.75) is 85.5 Å². The number of hydrogen-bond acceptors (Lipinski definition) is 6. The SMILES string of the molecule is C=C(C)C(=O)Oc1cc(-c2ccc(CCCCCCCCC)cc2CC)ccc1OCC1(C)COC(=O)OC1. The van der Waals surface area contributed by atoms with E-state index in [0.717, 1.165) is 24.0 Å². The second-order valence-corrected chi connectivity index (χ2v) is 11.0. The average molecular weight is 537 g/mol. The van der Waals surface area contributed by atoms with Crippen molar-refractivity contribution in [1.29, 1.82) is 0 Å². The normalized spacial score (nSPS) is 14.3. The number of ether oxygens (including phenoxy) is 4. The van der Waals surface area contributed by atoms with E-state index in [0.29, 0.717) is 17.1 Å². The van der Waals surface area contributed by atoms with Crippen molar-refractivity contribution in [2.75, 3.05) is 19.8 Å². The number of carbonyl (C=O) groups is 2. The summed E-state index contributed by atoms with van der Waals surface area (Å²) in [5, 5.41) is 0. The van der Waals surface area contributed by atoms with Gasteiger partial charge in [0.1, 0.15) is 19.8 Å². The van der Waals surface area contributed by atoms with Gasteiger partial charge in [0.25, 0.3) is 0 Å². The van der Waals surface area contributed by atoms with Crippen molar-refractivity contribution >= 4 is 12.1 Å². The summed E-state index contributed by atoms with van der Waals surface area (Å²) in [4.78, 5) is 23.7. The number of aryl methyl sites for hydroxylation is 2. The number of cyclic esters (lactones) is 2. The van der Waals surface area contributed by atoms with E-state index in [9.17, 15) is 9.59 Å². The fourth-order valence-electron chi connectivity index (χ4n) is 4.61. The minimum absolute atomic E-state index is 0.190. The van der Waals surface area contributed by atoms with Crippen LogP contribution in [0.3, 0.4) is 0 Å². The quantitative estimate of drug-likeness (QED) is 0.0988. The molecule has 2 aromatic carbocycles. The second kappa shape index (κ2) is 14.8. The van der Waals surface area contributed by atoms with Crippen LogP contribution >= 0.6 is 0 Å². The molecule has 39 heavy (non-hydrogen) atoms. The van der Waals surface area contributed by atoms with Gasteiger partial charge in [0.15, 0.2) is 11.5 Å². The molecule has 1 aliphatic heterocycles. The van der Waals surface area contributed by atoms with Gasteiger partial charge in [0, 0.05) is 5.57 Å². The van der Waals surface area contributed by atoms with Crippen LogP contribution in [-0.2, 0) is 27.1 Å². The Hall–Kier alpha value is -3.28. The summed E-state index contributed by atoms with van der Waals surface area (Å²) in [6, 6.07) is 12.3. The summed E-state index contributed by atoms with van der Waals surface area (Å²) in [6.07, 6.45) is 10.4. The number of rotatable bonds is 15. The molecule has 1 fully saturated rings. The molecule has 0 aromatic heterocycles. The van der Waals surface area contributed by atoms with Crippen molar-refractivity contribution in [2.24, 2.45) is 5.41 Å². The summed E-state index contributed by atoms with van der Waals surface area (Å²) in [5.41, 5.74) is 4.47. The molecule has 0 spiro atoms. The van der Waals surface area contributed by atoms with Gasteiger partial charge in [-0.1, -0.05) is 83.2 Å². The van der Waals surface area contributed by atoms with Crippen LogP contribution in [0, 0.1) is 5.41 Å². The van der Waals surface area contributed by atoms with Gasteiger partial charge in [-0.25, -0.2) is 9.59 Å². The molecule has 3 rings (SSSR count). The zero-order valence-electron chi connectivity index (χ0n) is 24.1. The first-order valence-corrected chi connectivity index (χ1v) is 14.3. The van der Waals surface area contributed by atoms with Gasteiger partial charge in [-0.3, -0.25) is 0 Å². The molecule has 0 bridgehead atoms. The Morgan fingerprint density at radius 3 is 2.31 bits per heavy atom. The smallest absolute Gasteiger partial charge is 0.489 e. The molecule has 6 heteroatoms. The van der Waals surface area contributed by atoms with Gasteiger partial charge < -0.3 is 18.9 Å². The lowest BCUT2D eigenvalue weighted by Gasteiger charge is -2.31. The van der Waals surface area contributed by atoms with Crippen LogP contribution in [0.1, 0.15) is 83.8 Å². The number of carbonyl (C=O) groups excluding carboxylic acids is 2. The zero-order chi connectivity index (χ0) is 28.3. The van der Waals surface area contributed by atoms with E-state index in [1.807, 2.05) is 25.1 Å². The molecule has 0 amide bonds. The predicted octanol–water partition coefficient (Wildman–Crippen LogP) is 8.24. The fourth-order valence-corrected chi connectivity index (χ4v) is 4.61. The van der Waals surface area contributed by atoms with Crippen molar-refractivity contribution < 1.29 is 28.5 Å². The monoisotopic (exact) mass is 536 g/mol. The minimum Gasteiger partial charge on any atom is -0.489 e. The molecule has 1 aliphatic rings. The van der Waals surface area contributed by atoms with Crippen molar-refractivity contribution in [3.05, 3.63) is 59.7 Å². The average Bonchev–Trinajstić information content (AvgIpc) is 2.93. The summed E-state index contributed by atoms with van der Waals surface area (Å²) >= 11 is 0. The second-order valence-electron chi connectivity index (χ2n) is 11.0. The maximum Gasteiger partial charge on any atom is 0.508 e. The van der Waals surface area contributed by atoms with E-state index < -0.39 is 17.5 Å². The number of unbranched alkanes of at least 4 members (excludes halogenated alkanes) is 6. The van der Waals surface area contributed by atoms with Crippen LogP contribution in [0.2, 0.25) is 0 Å². The van der Waals surface area contributed by atoms with E-state index in [1.165, 1.54) is 56.1 Å². The predicted molar refractivity (Wildman–Crippen MR) is 154 cm³/mol. The number of benzene rings is 2. The largest absolute Gasteiger partial charge is 0.508 e. The highest BCUT2D eigenvalue weighted by Crippen LogP contribution is 2.36. The lowest BCUT2D eigenvalue weighted by molar-refractivity contribution is -0.130. The molecule has 212 valence electrons. The molecular weight excluding hydrogens is 492 g/mol. The Kier molecular flexibility index (Phi) is 11.5. The summed E-state index contributed by atoms with van der Waals surface area (Å²) < 4.78 is 21.8. The third kappa shape index (κ3) is 9.15. The Balaban J connectivity index is 1.75. The lowest BCUT2D eigenvalue weighted by Crippen LogP contribution is -2.41. The van der Waals surface area contributed by atoms with Crippen molar-refractivity contribution in [3.8, 4) is 22.6 Å². The maximum atomic E-state index is 12.4. The first kappa shape index (κ1) is 30.3. The van der Waals surface area contributed by atoms with Crippen molar-refractivity contribution in [1.82, 2.24) is 0 Å². The molecular formula is C33H44O6. The maximum absolute atomic E-state index is 12.4. The van der Waals surface area contributed by atoms with Crippen LogP contribution in [0.5, 0.6) is 11.5 Å². The topological polar surface area (TPSA) is 71.1 Å². The van der Waals surface area contributed by atoms with E-state index in [-0.39, 0.29) is 19.8 Å². The molecule has 0 saturated carbocycles. The molecule has 6 nitrogen and oxygen atoms in total. The van der Waals surface area contributed by atoms with E-state index in [2.05, 4.69) is 38.6 Å². The highest BCUT2D eigenvalue weighted by atomic mass is 16.7. The van der Waals surface area contributed by atoms with Gasteiger partial charge in [0.2, 0.25) is 0 Å². The highest BCUT2D eigenvalue weighted by Gasteiger charge is 2.34. The first-order chi connectivity index (χ1) is 18.7. The van der Waals surface area contributed by atoms with Gasteiger partial charge in [-0.15, -0.1) is 0 Å². The highest BCUT2D eigenvalue weighted by molar-refractivity contribution is 5.89. The Morgan fingerprint density at radius 1 is 0.949 bits per heavy atom. The summed E-state index contributed by atoms with van der Waals surface area (Å²) in [6.45, 7) is 12.2. The van der Waals surface area contributed by atoms with Gasteiger partial charge in [-0.2, -0.15) is 0 Å². The standard InChI is InChI=1S/C33H44O6/c1-6-8-9-10-11-12-13-14-25-15-17-28(26(7-2)19-25)27-16-18-29(30(20-27)39-31(34)24(3)4)36-21-33(5)22-37-32(35)38-23-33/h15-20H,3,6-14,21-23H2,1-2,4-5H3. The molecule has 0 aliphatic carbocycles. The van der Waals surface area contributed by atoms with Gasteiger partial charge in [-0.05, 0) is 67.5 Å². The minimum atomic E-state index is -0.673. The third-order valence-electron chi connectivity index (χ3n) is 7.08. The van der Waals surface area contributed by atoms with Crippen LogP contribution in [0.15, 0.2) is 48.6 Å². The molecule has 0 radical (unpaired) electrons. The van der Waals surface area contributed by atoms with E-state index >= 15 is 0 Å². The Bertz CT molecular complexity index is 1130. The van der Waals surface area contributed by atoms with Crippen LogP contribution < -0.4 is 9.47 Å².